The van der Waals surface area contributed by atoms with Gasteiger partial charge in [0.25, 0.3) is 0 Å². The van der Waals surface area contributed by atoms with Gasteiger partial charge < -0.3 is 20.0 Å². The third kappa shape index (κ3) is 7.75. The fourth-order valence-corrected chi connectivity index (χ4v) is 6.80. The molecule has 8 rings (SSSR count). The number of nitrogens with zero attached hydrogens (tertiary/aromatic N) is 8. The molecule has 0 amide bonds. The van der Waals surface area contributed by atoms with E-state index in [4.69, 9.17) is 9.97 Å². The van der Waals surface area contributed by atoms with Crippen molar-refractivity contribution in [1.29, 1.82) is 0 Å². The Hall–Kier alpha value is -6.17. The molecule has 10 nitrogen and oxygen atoms in total. The van der Waals surface area contributed by atoms with Crippen LogP contribution in [0.3, 0.4) is 0 Å². The average Bonchev–Trinajstić information content (AvgIpc) is 3.80. The summed E-state index contributed by atoms with van der Waals surface area (Å²) in [5.41, 5.74) is 8.07. The molecule has 0 unspecified atom stereocenters. The van der Waals surface area contributed by atoms with E-state index in [1.807, 2.05) is 118 Å². The average molecular weight is 774 g/mol. The minimum atomic E-state index is -0.0253. The van der Waals surface area contributed by atoms with Gasteiger partial charge in [0.05, 0.1) is 22.4 Å². The zero-order chi connectivity index (χ0) is 37.6. The van der Waals surface area contributed by atoms with Crippen LogP contribution < -0.4 is 20.0 Å². The van der Waals surface area contributed by atoms with Gasteiger partial charge in [0, 0.05) is 73.5 Å². The van der Waals surface area contributed by atoms with Crippen molar-refractivity contribution in [3.63, 3.8) is 0 Å². The smallest absolute Gasteiger partial charge is 0.872 e. The number of imidazole rings is 2. The Kier molecular flexibility index (Phi) is 12.1. The van der Waals surface area contributed by atoms with Crippen molar-refractivity contribution in [1.82, 2.24) is 28.7 Å². The first-order valence-electron chi connectivity index (χ1n) is 18.3. The van der Waals surface area contributed by atoms with Crippen molar-refractivity contribution in [2.75, 3.05) is 36.0 Å². The second-order valence-corrected chi connectivity index (χ2v) is 12.6. The van der Waals surface area contributed by atoms with E-state index in [-0.39, 0.29) is 28.3 Å². The zero-order valence-electron chi connectivity index (χ0n) is 31.3. The summed E-state index contributed by atoms with van der Waals surface area (Å²) in [6, 6.07) is 34.4. The monoisotopic (exact) mass is 773 g/mol. The fraction of sp³-hybridized carbons (Fsp3) is 0.182. The Bertz CT molecular complexity index is 2320. The Balaban J connectivity index is 0.000000184. The number of pyridine rings is 4. The predicted molar refractivity (Wildman–Crippen MR) is 214 cm³/mol. The van der Waals surface area contributed by atoms with E-state index in [0.717, 1.165) is 71.4 Å². The molecule has 55 heavy (non-hydrogen) atoms. The standard InChI is InChI=1S/2C22H22N4O.Co/c2*1-3-25(4-2)16-11-12-17(20(27)15-16)22-24-21(18-9-5-7-13-23-18)19-10-6-8-14-26(19)22;/h2*5-15,27H,3-4H2,1-2H3;/q;;+2/p-2. The largest absolute Gasteiger partial charge is 2.00 e. The Labute approximate surface area is 331 Å². The van der Waals surface area contributed by atoms with Crippen LogP contribution in [-0.4, -0.2) is 54.9 Å². The van der Waals surface area contributed by atoms with Crippen LogP contribution in [0.2, 0.25) is 0 Å². The quantitative estimate of drug-likeness (QED) is 0.138. The molecule has 0 saturated carbocycles. The summed E-state index contributed by atoms with van der Waals surface area (Å²) in [7, 11) is 0. The number of rotatable bonds is 10. The number of aromatic nitrogens is 6. The summed E-state index contributed by atoms with van der Waals surface area (Å²) >= 11 is 0. The first kappa shape index (κ1) is 38.5. The van der Waals surface area contributed by atoms with Gasteiger partial charge in [-0.25, -0.2) is 9.97 Å². The Morgan fingerprint density at radius 3 is 1.25 bits per heavy atom. The molecule has 11 heteroatoms. The summed E-state index contributed by atoms with van der Waals surface area (Å²) in [5.74, 6) is 1.23. The Morgan fingerprint density at radius 1 is 0.509 bits per heavy atom. The molecule has 0 bridgehead atoms. The molecule has 0 aliphatic rings. The van der Waals surface area contributed by atoms with Gasteiger partial charge in [-0.2, -0.15) is 0 Å². The van der Waals surface area contributed by atoms with Crippen LogP contribution in [-0.2, 0) is 16.8 Å². The first-order valence-corrected chi connectivity index (χ1v) is 18.3. The van der Waals surface area contributed by atoms with Crippen LogP contribution in [0.15, 0.2) is 134 Å². The molecule has 0 fully saturated rings. The second kappa shape index (κ2) is 17.3. The maximum atomic E-state index is 12.9. The van der Waals surface area contributed by atoms with Gasteiger partial charge in [-0.05, 0) is 113 Å². The number of anilines is 2. The number of benzene rings is 2. The van der Waals surface area contributed by atoms with E-state index >= 15 is 0 Å². The third-order valence-electron chi connectivity index (χ3n) is 9.58. The molecule has 2 aromatic carbocycles. The zero-order valence-corrected chi connectivity index (χ0v) is 32.3. The van der Waals surface area contributed by atoms with Crippen molar-refractivity contribution in [3.05, 3.63) is 134 Å². The van der Waals surface area contributed by atoms with Crippen molar-refractivity contribution >= 4 is 22.4 Å². The maximum Gasteiger partial charge on any atom is 2.00 e. The molecule has 6 heterocycles. The number of hydrogen-bond donors (Lipinski definition) is 0. The van der Waals surface area contributed by atoms with Gasteiger partial charge in [0.15, 0.2) is 0 Å². The van der Waals surface area contributed by atoms with Crippen LogP contribution >= 0.6 is 0 Å². The van der Waals surface area contributed by atoms with Gasteiger partial charge in [-0.1, -0.05) is 35.8 Å². The SMILES string of the molecule is CCN(CC)c1ccc(-c2nc(-c3ccccn3)c3ccccn23)c([O-])c1.CCN(CC)c1ccc(-c2nc(-c3ccccn3)c3ccccn23)c([O-])c1.[Co+2]. The van der Waals surface area contributed by atoms with Crippen LogP contribution in [0.5, 0.6) is 11.5 Å². The van der Waals surface area contributed by atoms with Crippen LogP contribution in [0, 0.1) is 0 Å². The molecule has 0 spiro atoms. The number of fused-ring (bicyclic) bond motifs is 2. The molecule has 8 aromatic rings. The van der Waals surface area contributed by atoms with Gasteiger partial charge in [-0.15, -0.1) is 0 Å². The van der Waals surface area contributed by atoms with Crippen LogP contribution in [0.4, 0.5) is 11.4 Å². The molecule has 279 valence electrons. The fourth-order valence-electron chi connectivity index (χ4n) is 6.80. The minimum absolute atomic E-state index is 0. The van der Waals surface area contributed by atoms with E-state index in [2.05, 4.69) is 47.5 Å². The molecule has 6 aromatic heterocycles. The van der Waals surface area contributed by atoms with E-state index in [1.54, 1.807) is 24.5 Å². The van der Waals surface area contributed by atoms with Crippen LogP contribution in [0.1, 0.15) is 27.7 Å². The second-order valence-electron chi connectivity index (χ2n) is 12.6. The number of hydrogen-bond acceptors (Lipinski definition) is 8. The summed E-state index contributed by atoms with van der Waals surface area (Å²) in [6.07, 6.45) is 7.37. The normalized spacial score (nSPS) is 10.8. The molecule has 0 aliphatic heterocycles. The van der Waals surface area contributed by atoms with Crippen molar-refractivity contribution in [2.24, 2.45) is 0 Å². The summed E-state index contributed by atoms with van der Waals surface area (Å²) in [4.78, 5) is 22.8. The van der Waals surface area contributed by atoms with Gasteiger partial charge in [0.1, 0.15) is 23.0 Å². The molecule has 0 saturated heterocycles. The van der Waals surface area contributed by atoms with Gasteiger partial charge in [0.2, 0.25) is 0 Å². The van der Waals surface area contributed by atoms with Gasteiger partial charge in [-0.3, -0.25) is 18.8 Å². The molecular formula is C44H42CoN8O2. The topological polar surface area (TPSA) is 113 Å². The third-order valence-corrected chi connectivity index (χ3v) is 9.58. The van der Waals surface area contributed by atoms with E-state index in [9.17, 15) is 10.2 Å². The molecular weight excluding hydrogens is 731 g/mol. The Morgan fingerprint density at radius 2 is 0.909 bits per heavy atom. The summed E-state index contributed by atoms with van der Waals surface area (Å²) in [6.45, 7) is 11.8. The van der Waals surface area contributed by atoms with Crippen molar-refractivity contribution in [3.8, 4) is 57.1 Å². The first-order chi connectivity index (χ1) is 26.4. The molecule has 0 N–H and O–H groups in total. The van der Waals surface area contributed by atoms with E-state index in [1.165, 1.54) is 0 Å². The van der Waals surface area contributed by atoms with Crippen molar-refractivity contribution in [2.45, 2.75) is 27.7 Å². The van der Waals surface area contributed by atoms with E-state index < -0.39 is 0 Å². The molecule has 1 radical (unpaired) electrons. The summed E-state index contributed by atoms with van der Waals surface area (Å²) < 4.78 is 3.91. The van der Waals surface area contributed by atoms with Crippen LogP contribution in [0.25, 0.3) is 56.6 Å². The van der Waals surface area contributed by atoms with Crippen molar-refractivity contribution < 1.29 is 27.0 Å². The van der Waals surface area contributed by atoms with Gasteiger partial charge >= 0.3 is 16.8 Å². The van der Waals surface area contributed by atoms with E-state index in [0.29, 0.717) is 22.8 Å². The maximum absolute atomic E-state index is 12.9. The molecule has 0 atom stereocenters. The predicted octanol–water partition coefficient (Wildman–Crippen LogP) is 7.96. The minimum Gasteiger partial charge on any atom is -0.872 e. The molecule has 0 aliphatic carbocycles. The summed E-state index contributed by atoms with van der Waals surface area (Å²) in [5, 5.41) is 25.7.